The molecule has 2 unspecified atom stereocenters. The number of rotatable bonds is 3. The highest BCUT2D eigenvalue weighted by atomic mass is 35.5. The van der Waals surface area contributed by atoms with Crippen molar-refractivity contribution in [2.45, 2.75) is 57.2 Å². The zero-order valence-corrected chi connectivity index (χ0v) is 14.0. The van der Waals surface area contributed by atoms with Crippen molar-refractivity contribution in [1.29, 1.82) is 0 Å². The maximum atomic E-state index is 12.5. The van der Waals surface area contributed by atoms with Gasteiger partial charge in [0.05, 0.1) is 0 Å². The summed E-state index contributed by atoms with van der Waals surface area (Å²) in [4.78, 5) is 12.5. The Bertz CT molecular complexity index is 492. The highest BCUT2D eigenvalue weighted by Gasteiger charge is 2.23. The minimum absolute atomic E-state index is 0.0278. The van der Waals surface area contributed by atoms with Crippen LogP contribution in [-0.2, 0) is 5.41 Å². The Morgan fingerprint density at radius 2 is 2.00 bits per heavy atom. The minimum atomic E-state index is -0.0278. The molecule has 116 valence electrons. The van der Waals surface area contributed by atoms with Gasteiger partial charge in [-0.2, -0.15) is 0 Å². The van der Waals surface area contributed by atoms with Crippen molar-refractivity contribution < 1.29 is 4.79 Å². The van der Waals surface area contributed by atoms with E-state index in [4.69, 9.17) is 11.6 Å². The van der Waals surface area contributed by atoms with E-state index < -0.39 is 0 Å². The van der Waals surface area contributed by atoms with Crippen LogP contribution in [-0.4, -0.2) is 17.8 Å². The Morgan fingerprint density at radius 1 is 1.29 bits per heavy atom. The van der Waals surface area contributed by atoms with Gasteiger partial charge in [0.1, 0.15) is 0 Å². The number of nitrogens with one attached hydrogen (secondary N) is 1. The molecule has 1 amide bonds. The zero-order valence-electron chi connectivity index (χ0n) is 13.3. The normalized spacial score (nSPS) is 22.9. The summed E-state index contributed by atoms with van der Waals surface area (Å²) in [6, 6.07) is 7.89. The monoisotopic (exact) mass is 307 g/mol. The fourth-order valence-corrected chi connectivity index (χ4v) is 3.48. The van der Waals surface area contributed by atoms with Crippen LogP contribution in [0, 0.1) is 5.92 Å². The van der Waals surface area contributed by atoms with E-state index in [0.29, 0.717) is 5.92 Å². The first-order valence-corrected chi connectivity index (χ1v) is 8.33. The highest BCUT2D eigenvalue weighted by molar-refractivity contribution is 6.20. The van der Waals surface area contributed by atoms with Crippen LogP contribution in [0.25, 0.3) is 0 Å². The van der Waals surface area contributed by atoms with Gasteiger partial charge in [-0.3, -0.25) is 4.79 Å². The predicted octanol–water partition coefficient (Wildman–Crippen LogP) is 4.51. The summed E-state index contributed by atoms with van der Waals surface area (Å²) in [5.74, 6) is 0.559. The highest BCUT2D eigenvalue weighted by Crippen LogP contribution is 2.28. The molecule has 1 N–H and O–H groups in total. The molecular formula is C18H26ClNO. The molecular weight excluding hydrogens is 282 g/mol. The summed E-state index contributed by atoms with van der Waals surface area (Å²) in [5.41, 5.74) is 1.87. The van der Waals surface area contributed by atoms with Crippen LogP contribution in [0.2, 0.25) is 0 Å². The molecule has 1 fully saturated rings. The summed E-state index contributed by atoms with van der Waals surface area (Å²) < 4.78 is 0. The van der Waals surface area contributed by atoms with E-state index in [0.717, 1.165) is 30.5 Å². The molecule has 3 heteroatoms. The number of amides is 1. The smallest absolute Gasteiger partial charge is 0.251 e. The number of carbonyl (C=O) groups excluding carboxylic acids is 1. The fourth-order valence-electron chi connectivity index (χ4n) is 3.08. The first kappa shape index (κ1) is 16.4. The maximum Gasteiger partial charge on any atom is 0.251 e. The van der Waals surface area contributed by atoms with E-state index >= 15 is 0 Å². The molecule has 0 aliphatic heterocycles. The molecule has 2 nitrogen and oxygen atoms in total. The van der Waals surface area contributed by atoms with Gasteiger partial charge in [0.2, 0.25) is 0 Å². The summed E-state index contributed by atoms with van der Waals surface area (Å²) in [7, 11) is 0. The van der Waals surface area contributed by atoms with Gasteiger partial charge in [-0.1, -0.05) is 45.4 Å². The maximum absolute atomic E-state index is 12.5. The van der Waals surface area contributed by atoms with Crippen molar-refractivity contribution >= 4 is 17.5 Å². The van der Waals surface area contributed by atoms with Crippen molar-refractivity contribution in [3.8, 4) is 0 Å². The third kappa shape index (κ3) is 4.47. The summed E-state index contributed by atoms with van der Waals surface area (Å²) in [5, 5.41) is 3.38. The number of alkyl halides is 1. The second kappa shape index (κ2) is 6.83. The molecule has 0 aromatic heterocycles. The molecule has 0 radical (unpaired) electrons. The second-order valence-electron chi connectivity index (χ2n) is 7.14. The topological polar surface area (TPSA) is 29.1 Å². The van der Waals surface area contributed by atoms with Gasteiger partial charge in [0, 0.05) is 17.5 Å². The molecule has 1 saturated carbocycles. The minimum Gasteiger partial charge on any atom is -0.352 e. The molecule has 1 aromatic carbocycles. The van der Waals surface area contributed by atoms with Crippen LogP contribution < -0.4 is 5.32 Å². The second-order valence-corrected chi connectivity index (χ2v) is 7.75. The van der Waals surface area contributed by atoms with E-state index in [1.807, 2.05) is 24.3 Å². The quantitative estimate of drug-likeness (QED) is 0.818. The third-order valence-corrected chi connectivity index (χ3v) is 4.65. The molecule has 0 saturated heterocycles. The van der Waals surface area contributed by atoms with Crippen molar-refractivity contribution in [2.24, 2.45) is 5.92 Å². The molecule has 1 aromatic rings. The predicted molar refractivity (Wildman–Crippen MR) is 89.1 cm³/mol. The number of benzene rings is 1. The van der Waals surface area contributed by atoms with Crippen LogP contribution >= 0.6 is 11.6 Å². The SMILES string of the molecule is CC(C)(C)c1ccccc1C(=O)NCC1CCCC(Cl)C1. The standard InChI is InChI=1S/C18H26ClNO/c1-18(2,3)16-10-5-4-9-15(16)17(21)20-12-13-7-6-8-14(19)11-13/h4-5,9-10,13-14H,6-8,11-12H2,1-3H3,(H,20,21). The lowest BCUT2D eigenvalue weighted by molar-refractivity contribution is 0.0941. The number of carbonyl (C=O) groups is 1. The van der Waals surface area contributed by atoms with Crippen LogP contribution in [0.3, 0.4) is 0 Å². The van der Waals surface area contributed by atoms with Crippen LogP contribution in [0.1, 0.15) is 62.4 Å². The van der Waals surface area contributed by atoms with Gasteiger partial charge in [-0.05, 0) is 42.2 Å². The van der Waals surface area contributed by atoms with Crippen molar-refractivity contribution in [3.63, 3.8) is 0 Å². The Hall–Kier alpha value is -1.02. The number of halogens is 1. The molecule has 2 rings (SSSR count). The average molecular weight is 308 g/mol. The van der Waals surface area contributed by atoms with Gasteiger partial charge < -0.3 is 5.32 Å². The van der Waals surface area contributed by atoms with Crippen LogP contribution in [0.5, 0.6) is 0 Å². The first-order chi connectivity index (χ1) is 9.88. The van der Waals surface area contributed by atoms with E-state index in [2.05, 4.69) is 26.1 Å². The van der Waals surface area contributed by atoms with Crippen molar-refractivity contribution in [1.82, 2.24) is 5.32 Å². The largest absolute Gasteiger partial charge is 0.352 e. The lowest BCUT2D eigenvalue weighted by atomic mass is 9.83. The third-order valence-electron chi connectivity index (χ3n) is 4.25. The molecule has 0 heterocycles. The average Bonchev–Trinajstić information content (AvgIpc) is 2.44. The van der Waals surface area contributed by atoms with E-state index in [1.54, 1.807) is 0 Å². The Morgan fingerprint density at radius 3 is 2.67 bits per heavy atom. The molecule has 21 heavy (non-hydrogen) atoms. The molecule has 2 atom stereocenters. The first-order valence-electron chi connectivity index (χ1n) is 7.89. The van der Waals surface area contributed by atoms with Gasteiger partial charge in [-0.25, -0.2) is 0 Å². The van der Waals surface area contributed by atoms with E-state index in [-0.39, 0.29) is 16.7 Å². The Balaban J connectivity index is 2.01. The summed E-state index contributed by atoms with van der Waals surface area (Å²) in [6.07, 6.45) is 4.47. The Kier molecular flexibility index (Phi) is 5.32. The van der Waals surface area contributed by atoms with Crippen molar-refractivity contribution in [3.05, 3.63) is 35.4 Å². The van der Waals surface area contributed by atoms with Crippen molar-refractivity contribution in [2.75, 3.05) is 6.54 Å². The van der Waals surface area contributed by atoms with Crippen LogP contribution in [0.4, 0.5) is 0 Å². The molecule has 1 aliphatic carbocycles. The molecule has 0 spiro atoms. The van der Waals surface area contributed by atoms with Crippen LogP contribution in [0.15, 0.2) is 24.3 Å². The molecule has 1 aliphatic rings. The summed E-state index contributed by atoms with van der Waals surface area (Å²) in [6.45, 7) is 7.15. The Labute approximate surface area is 133 Å². The van der Waals surface area contributed by atoms with E-state index in [1.165, 1.54) is 12.8 Å². The zero-order chi connectivity index (χ0) is 15.5. The summed E-state index contributed by atoms with van der Waals surface area (Å²) >= 11 is 6.22. The van der Waals surface area contributed by atoms with Gasteiger partial charge >= 0.3 is 0 Å². The van der Waals surface area contributed by atoms with Gasteiger partial charge in [0.25, 0.3) is 5.91 Å². The molecule has 0 bridgehead atoms. The van der Waals surface area contributed by atoms with Gasteiger partial charge in [-0.15, -0.1) is 11.6 Å². The van der Waals surface area contributed by atoms with Gasteiger partial charge in [0.15, 0.2) is 0 Å². The van der Waals surface area contributed by atoms with E-state index in [9.17, 15) is 4.79 Å². The lowest BCUT2D eigenvalue weighted by Gasteiger charge is -2.26. The fraction of sp³-hybridized carbons (Fsp3) is 0.611. The lowest BCUT2D eigenvalue weighted by Crippen LogP contribution is -2.33. The number of hydrogen-bond donors (Lipinski definition) is 1. The number of hydrogen-bond acceptors (Lipinski definition) is 1.